The van der Waals surface area contributed by atoms with Crippen LogP contribution in [0.3, 0.4) is 0 Å². The van der Waals surface area contributed by atoms with Crippen molar-refractivity contribution in [3.05, 3.63) is 18.2 Å². The molecule has 2 fully saturated rings. The second-order valence-electron chi connectivity index (χ2n) is 8.19. The van der Waals surface area contributed by atoms with Gasteiger partial charge in [0.05, 0.1) is 24.6 Å². The van der Waals surface area contributed by atoms with Crippen molar-refractivity contribution in [2.75, 3.05) is 31.1 Å². The van der Waals surface area contributed by atoms with Crippen LogP contribution in [0.15, 0.2) is 12.4 Å². The molecule has 1 amide bonds. The largest absolute Gasteiger partial charge is 0.444 e. The molecule has 0 radical (unpaired) electrons. The second kappa shape index (κ2) is 8.37. The first-order chi connectivity index (χ1) is 12.8. The maximum absolute atomic E-state index is 12.9. The van der Waals surface area contributed by atoms with E-state index in [0.717, 1.165) is 38.8 Å². The molecule has 1 aromatic rings. The minimum Gasteiger partial charge on any atom is -0.444 e. The van der Waals surface area contributed by atoms with Crippen molar-refractivity contribution in [1.29, 1.82) is 0 Å². The van der Waals surface area contributed by atoms with Crippen LogP contribution in [0, 0.1) is 5.82 Å². The Kier molecular flexibility index (Phi) is 6.14. The van der Waals surface area contributed by atoms with Gasteiger partial charge in [0, 0.05) is 26.2 Å². The molecule has 2 saturated heterocycles. The van der Waals surface area contributed by atoms with Gasteiger partial charge in [-0.1, -0.05) is 0 Å². The van der Waals surface area contributed by atoms with Gasteiger partial charge in [0.15, 0.2) is 5.82 Å². The number of piperidine rings is 2. The van der Waals surface area contributed by atoms with E-state index < -0.39 is 11.4 Å². The third-order valence-electron chi connectivity index (χ3n) is 4.81. The van der Waals surface area contributed by atoms with Crippen molar-refractivity contribution in [2.24, 2.45) is 0 Å². The van der Waals surface area contributed by atoms with Crippen LogP contribution in [0.1, 0.15) is 46.5 Å². The van der Waals surface area contributed by atoms with E-state index in [-0.39, 0.29) is 18.3 Å². The topological polar surface area (TPSA) is 67.8 Å². The van der Waals surface area contributed by atoms with Crippen molar-refractivity contribution in [3.63, 3.8) is 0 Å². The molecule has 150 valence electrons. The zero-order chi connectivity index (χ0) is 19.4. The van der Waals surface area contributed by atoms with Crippen LogP contribution < -0.4 is 4.90 Å². The second-order valence-corrected chi connectivity index (χ2v) is 8.19. The summed E-state index contributed by atoms with van der Waals surface area (Å²) in [6.45, 7) is 8.57. The molecule has 0 N–H and O–H groups in total. The van der Waals surface area contributed by atoms with Gasteiger partial charge in [0.1, 0.15) is 5.60 Å². The van der Waals surface area contributed by atoms with E-state index in [2.05, 4.69) is 14.9 Å². The van der Waals surface area contributed by atoms with Crippen LogP contribution in [0.2, 0.25) is 0 Å². The molecule has 0 unspecified atom stereocenters. The van der Waals surface area contributed by atoms with Gasteiger partial charge in [-0.15, -0.1) is 0 Å². The molecule has 1 aromatic heterocycles. The summed E-state index contributed by atoms with van der Waals surface area (Å²) < 4.78 is 24.6. The number of hydrogen-bond donors (Lipinski definition) is 0. The standard InChI is InChI=1S/C19H29FN4O3/c1-19(2,3)27-18(25)24-10-6-16(7-11-24)26-15-4-8-23(9-5-15)17-21-12-14(20)13-22-17/h12-13,15-16H,4-11H2,1-3H3. The van der Waals surface area contributed by atoms with Crippen LogP contribution in [-0.4, -0.2) is 64.9 Å². The number of halogens is 1. The molecule has 3 rings (SSSR count). The molecular weight excluding hydrogens is 351 g/mol. The maximum atomic E-state index is 12.9. The number of nitrogens with zero attached hydrogens (tertiary/aromatic N) is 4. The number of carbonyl (C=O) groups excluding carboxylic acids is 1. The van der Waals surface area contributed by atoms with E-state index in [1.165, 1.54) is 12.4 Å². The van der Waals surface area contributed by atoms with Gasteiger partial charge >= 0.3 is 6.09 Å². The molecule has 0 aliphatic carbocycles. The van der Waals surface area contributed by atoms with E-state index >= 15 is 0 Å². The third kappa shape index (κ3) is 5.76. The Morgan fingerprint density at radius 3 is 2.07 bits per heavy atom. The van der Waals surface area contributed by atoms with Crippen LogP contribution in [0.5, 0.6) is 0 Å². The Balaban J connectivity index is 1.39. The minimum atomic E-state index is -0.466. The monoisotopic (exact) mass is 380 g/mol. The highest BCUT2D eigenvalue weighted by Crippen LogP contribution is 2.23. The zero-order valence-electron chi connectivity index (χ0n) is 16.4. The number of hydrogen-bond acceptors (Lipinski definition) is 6. The molecule has 0 bridgehead atoms. The summed E-state index contributed by atoms with van der Waals surface area (Å²) in [7, 11) is 0. The lowest BCUT2D eigenvalue weighted by atomic mass is 10.0. The first kappa shape index (κ1) is 19.8. The minimum absolute atomic E-state index is 0.183. The van der Waals surface area contributed by atoms with Crippen LogP contribution in [-0.2, 0) is 9.47 Å². The van der Waals surface area contributed by atoms with E-state index in [9.17, 15) is 9.18 Å². The van der Waals surface area contributed by atoms with Crippen LogP contribution in [0.4, 0.5) is 15.1 Å². The summed E-state index contributed by atoms with van der Waals surface area (Å²) in [5.74, 6) is 0.148. The zero-order valence-corrected chi connectivity index (χ0v) is 16.4. The Hall–Kier alpha value is -1.96. The smallest absolute Gasteiger partial charge is 0.410 e. The molecule has 8 heteroatoms. The molecule has 0 spiro atoms. The summed E-state index contributed by atoms with van der Waals surface area (Å²) in [4.78, 5) is 24.0. The first-order valence-electron chi connectivity index (χ1n) is 9.66. The molecule has 0 atom stereocenters. The molecule has 2 aliphatic rings. The number of anilines is 1. The lowest BCUT2D eigenvalue weighted by Gasteiger charge is -2.37. The van der Waals surface area contributed by atoms with Gasteiger partial charge in [0.2, 0.25) is 5.95 Å². The van der Waals surface area contributed by atoms with Gasteiger partial charge in [-0.25, -0.2) is 19.2 Å². The van der Waals surface area contributed by atoms with E-state index in [1.807, 2.05) is 20.8 Å². The number of aromatic nitrogens is 2. The van der Waals surface area contributed by atoms with Gasteiger partial charge < -0.3 is 19.3 Å². The quantitative estimate of drug-likeness (QED) is 0.803. The lowest BCUT2D eigenvalue weighted by molar-refractivity contribution is -0.0536. The molecule has 27 heavy (non-hydrogen) atoms. The number of likely N-dealkylation sites (tertiary alicyclic amines) is 1. The number of amides is 1. The molecule has 0 saturated carbocycles. The SMILES string of the molecule is CC(C)(C)OC(=O)N1CCC(OC2CCN(c3ncc(F)cn3)CC2)CC1. The van der Waals surface area contributed by atoms with E-state index in [0.29, 0.717) is 19.0 Å². The predicted molar refractivity (Wildman–Crippen MR) is 99.1 cm³/mol. The maximum Gasteiger partial charge on any atom is 0.410 e. The summed E-state index contributed by atoms with van der Waals surface area (Å²) in [5.41, 5.74) is -0.466. The molecule has 7 nitrogen and oxygen atoms in total. The van der Waals surface area contributed by atoms with Gasteiger partial charge in [-0.3, -0.25) is 0 Å². The molecule has 3 heterocycles. The van der Waals surface area contributed by atoms with Crippen molar-refractivity contribution in [3.8, 4) is 0 Å². The Morgan fingerprint density at radius 2 is 1.56 bits per heavy atom. The van der Waals surface area contributed by atoms with Crippen molar-refractivity contribution in [2.45, 2.75) is 64.3 Å². The van der Waals surface area contributed by atoms with Crippen LogP contribution in [0.25, 0.3) is 0 Å². The fourth-order valence-corrected chi connectivity index (χ4v) is 3.43. The summed E-state index contributed by atoms with van der Waals surface area (Å²) in [5, 5.41) is 0. The lowest BCUT2D eigenvalue weighted by Crippen LogP contribution is -2.45. The van der Waals surface area contributed by atoms with Crippen molar-refractivity contribution < 1.29 is 18.7 Å². The van der Waals surface area contributed by atoms with Gasteiger partial charge in [-0.05, 0) is 46.5 Å². The summed E-state index contributed by atoms with van der Waals surface area (Å²) in [6.07, 6.45) is 6.00. The third-order valence-corrected chi connectivity index (χ3v) is 4.81. The van der Waals surface area contributed by atoms with E-state index in [1.54, 1.807) is 4.90 Å². The van der Waals surface area contributed by atoms with Crippen LogP contribution >= 0.6 is 0 Å². The molecular formula is C19H29FN4O3. The Bertz CT molecular complexity index is 619. The van der Waals surface area contributed by atoms with Gasteiger partial charge in [-0.2, -0.15) is 0 Å². The van der Waals surface area contributed by atoms with E-state index in [4.69, 9.17) is 9.47 Å². The highest BCUT2D eigenvalue weighted by molar-refractivity contribution is 5.68. The van der Waals surface area contributed by atoms with Crippen molar-refractivity contribution >= 4 is 12.0 Å². The summed E-state index contributed by atoms with van der Waals surface area (Å²) in [6, 6.07) is 0. The Labute approximate surface area is 159 Å². The Morgan fingerprint density at radius 1 is 1.04 bits per heavy atom. The number of ether oxygens (including phenoxy) is 2. The molecule has 0 aromatic carbocycles. The summed E-state index contributed by atoms with van der Waals surface area (Å²) >= 11 is 0. The highest BCUT2D eigenvalue weighted by Gasteiger charge is 2.30. The average molecular weight is 380 g/mol. The predicted octanol–water partition coefficient (Wildman–Crippen LogP) is 3.00. The highest BCUT2D eigenvalue weighted by atomic mass is 19.1. The molecule has 2 aliphatic heterocycles. The average Bonchev–Trinajstić information content (AvgIpc) is 2.62. The van der Waals surface area contributed by atoms with Crippen molar-refractivity contribution in [1.82, 2.24) is 14.9 Å². The number of carbonyl (C=O) groups is 1. The van der Waals surface area contributed by atoms with Gasteiger partial charge in [0.25, 0.3) is 0 Å². The first-order valence-corrected chi connectivity index (χ1v) is 9.66. The fraction of sp³-hybridized carbons (Fsp3) is 0.737. The fourth-order valence-electron chi connectivity index (χ4n) is 3.43. The number of rotatable bonds is 3. The normalized spacial score (nSPS) is 20.0.